The Morgan fingerprint density at radius 1 is 1.35 bits per heavy atom. The lowest BCUT2D eigenvalue weighted by atomic mass is 9.87. The van der Waals surface area contributed by atoms with Gasteiger partial charge in [0.25, 0.3) is 0 Å². The van der Waals surface area contributed by atoms with Crippen LogP contribution in [0.2, 0.25) is 5.02 Å². The van der Waals surface area contributed by atoms with Gasteiger partial charge in [-0.25, -0.2) is 9.37 Å². The Kier molecular flexibility index (Phi) is 6.22. The Morgan fingerprint density at radius 3 is 2.77 bits per heavy atom. The van der Waals surface area contributed by atoms with Crippen LogP contribution in [0.1, 0.15) is 45.8 Å². The van der Waals surface area contributed by atoms with Crippen LogP contribution in [0.5, 0.6) is 5.75 Å². The normalized spacial score (nSPS) is 17.0. The number of nitrogens with two attached hydrogens (primary N) is 1. The molecule has 6 nitrogen and oxygen atoms in total. The van der Waals surface area contributed by atoms with Crippen LogP contribution in [0.15, 0.2) is 30.6 Å². The molecule has 3 heterocycles. The molecule has 2 aromatic heterocycles. The van der Waals surface area contributed by atoms with Crippen molar-refractivity contribution in [2.45, 2.75) is 32.3 Å². The average Bonchev–Trinajstić information content (AvgIpc) is 3.38. The SMILES string of the molecule is Cc1cnc(-c2cc(O[C@H]3CCOC3)cc(C(N)=O)c2C(C)c2ncc(F)cc2Cl)s1. The molecular weight excluding hydrogens is 441 g/mol. The standard InChI is InChI=1S/C22H21ClFN3O3S/c1-11-8-27-22(31-11)17-7-15(30-14-3-4-29-10-14)6-16(21(25)28)19(17)12(2)20-18(23)5-13(24)9-26-20/h5-9,12,14H,3-4,10H2,1-2H3,(H2,25,28)/t12?,14-/m0/s1. The summed E-state index contributed by atoms with van der Waals surface area (Å²) in [6, 6.07) is 4.69. The third kappa shape index (κ3) is 4.56. The van der Waals surface area contributed by atoms with E-state index in [1.807, 2.05) is 19.9 Å². The van der Waals surface area contributed by atoms with Gasteiger partial charge in [0.15, 0.2) is 0 Å². The van der Waals surface area contributed by atoms with Gasteiger partial charge in [-0.2, -0.15) is 0 Å². The Balaban J connectivity index is 1.89. The minimum absolute atomic E-state index is 0.0944. The van der Waals surface area contributed by atoms with Crippen LogP contribution in [-0.2, 0) is 4.74 Å². The fourth-order valence-corrected chi connectivity index (χ4v) is 4.81. The summed E-state index contributed by atoms with van der Waals surface area (Å²) in [6.07, 6.45) is 3.54. The number of carbonyl (C=O) groups excluding carboxylic acids is 1. The average molecular weight is 462 g/mol. The van der Waals surface area contributed by atoms with Gasteiger partial charge in [-0.15, -0.1) is 11.3 Å². The highest BCUT2D eigenvalue weighted by molar-refractivity contribution is 7.15. The van der Waals surface area contributed by atoms with Crippen LogP contribution in [0, 0.1) is 12.7 Å². The first-order valence-corrected chi connectivity index (χ1v) is 11.0. The van der Waals surface area contributed by atoms with Crippen molar-refractivity contribution in [2.24, 2.45) is 5.73 Å². The van der Waals surface area contributed by atoms with E-state index in [9.17, 15) is 9.18 Å². The minimum Gasteiger partial charge on any atom is -0.488 e. The third-order valence-electron chi connectivity index (χ3n) is 5.14. The van der Waals surface area contributed by atoms with E-state index in [0.717, 1.165) is 17.5 Å². The van der Waals surface area contributed by atoms with E-state index in [-0.39, 0.29) is 16.7 Å². The number of ether oxygens (including phenoxy) is 2. The summed E-state index contributed by atoms with van der Waals surface area (Å²) >= 11 is 7.77. The fourth-order valence-electron chi connectivity index (χ4n) is 3.70. The monoisotopic (exact) mass is 461 g/mol. The summed E-state index contributed by atoms with van der Waals surface area (Å²) in [5.74, 6) is -1.07. The van der Waals surface area contributed by atoms with E-state index in [2.05, 4.69) is 9.97 Å². The summed E-state index contributed by atoms with van der Waals surface area (Å²) < 4.78 is 25.0. The van der Waals surface area contributed by atoms with E-state index in [1.165, 1.54) is 17.4 Å². The largest absolute Gasteiger partial charge is 0.488 e. The first-order chi connectivity index (χ1) is 14.8. The van der Waals surface area contributed by atoms with Gasteiger partial charge in [0, 0.05) is 34.5 Å². The molecule has 0 saturated carbocycles. The van der Waals surface area contributed by atoms with Crippen molar-refractivity contribution in [1.29, 1.82) is 0 Å². The predicted molar refractivity (Wildman–Crippen MR) is 117 cm³/mol. The number of aromatic nitrogens is 2. The number of primary amides is 1. The van der Waals surface area contributed by atoms with Crippen LogP contribution in [0.25, 0.3) is 10.6 Å². The smallest absolute Gasteiger partial charge is 0.249 e. The van der Waals surface area contributed by atoms with E-state index in [1.54, 1.807) is 12.3 Å². The van der Waals surface area contributed by atoms with Gasteiger partial charge in [0.1, 0.15) is 22.7 Å². The zero-order chi connectivity index (χ0) is 22.1. The molecule has 1 saturated heterocycles. The second-order valence-electron chi connectivity index (χ2n) is 7.42. The van der Waals surface area contributed by atoms with Crippen LogP contribution in [0.3, 0.4) is 0 Å². The number of pyridine rings is 1. The number of rotatable bonds is 6. The minimum atomic E-state index is -0.609. The molecule has 4 rings (SSSR count). The molecular formula is C22H21ClFN3O3S. The van der Waals surface area contributed by atoms with Crippen LogP contribution in [-0.4, -0.2) is 35.2 Å². The van der Waals surface area contributed by atoms with Crippen molar-refractivity contribution in [3.8, 4) is 16.3 Å². The van der Waals surface area contributed by atoms with Gasteiger partial charge in [0.05, 0.1) is 30.1 Å². The summed E-state index contributed by atoms with van der Waals surface area (Å²) in [5, 5.41) is 0.890. The third-order valence-corrected chi connectivity index (χ3v) is 6.39. The number of amides is 1. The highest BCUT2D eigenvalue weighted by Gasteiger charge is 2.27. The van der Waals surface area contributed by atoms with Gasteiger partial charge in [-0.1, -0.05) is 18.5 Å². The molecule has 1 aromatic carbocycles. The molecule has 1 amide bonds. The Hall–Kier alpha value is -2.55. The lowest BCUT2D eigenvalue weighted by Crippen LogP contribution is -2.19. The number of hydrogen-bond donors (Lipinski definition) is 1. The Morgan fingerprint density at radius 2 is 2.16 bits per heavy atom. The van der Waals surface area contributed by atoms with Crippen molar-refractivity contribution < 1.29 is 18.7 Å². The molecule has 1 unspecified atom stereocenters. The Labute approximate surface area is 188 Å². The molecule has 1 aliphatic heterocycles. The zero-order valence-corrected chi connectivity index (χ0v) is 18.6. The number of halogens is 2. The van der Waals surface area contributed by atoms with Gasteiger partial charge < -0.3 is 15.2 Å². The molecule has 1 aliphatic rings. The number of thiazole rings is 1. The molecule has 2 N–H and O–H groups in total. The van der Waals surface area contributed by atoms with E-state index < -0.39 is 17.6 Å². The predicted octanol–water partition coefficient (Wildman–Crippen LogP) is 4.72. The fraction of sp³-hybridized carbons (Fsp3) is 0.318. The number of hydrogen-bond acceptors (Lipinski definition) is 6. The van der Waals surface area contributed by atoms with Crippen LogP contribution in [0.4, 0.5) is 4.39 Å². The van der Waals surface area contributed by atoms with E-state index in [4.69, 9.17) is 26.8 Å². The van der Waals surface area contributed by atoms with E-state index >= 15 is 0 Å². The molecule has 2 atom stereocenters. The summed E-state index contributed by atoms with van der Waals surface area (Å²) in [6.45, 7) is 4.93. The van der Waals surface area contributed by atoms with Crippen molar-refractivity contribution >= 4 is 28.8 Å². The van der Waals surface area contributed by atoms with Gasteiger partial charge in [0.2, 0.25) is 5.91 Å². The van der Waals surface area contributed by atoms with Gasteiger partial charge in [-0.3, -0.25) is 9.78 Å². The Bertz CT molecular complexity index is 1130. The topological polar surface area (TPSA) is 87.3 Å². The molecule has 162 valence electrons. The maximum Gasteiger partial charge on any atom is 0.249 e. The number of carbonyl (C=O) groups is 1. The second kappa shape index (κ2) is 8.90. The first-order valence-electron chi connectivity index (χ1n) is 9.79. The lowest BCUT2D eigenvalue weighted by molar-refractivity contribution is 0.0998. The van der Waals surface area contributed by atoms with Gasteiger partial charge in [-0.05, 0) is 30.7 Å². The van der Waals surface area contributed by atoms with Gasteiger partial charge >= 0.3 is 0 Å². The van der Waals surface area contributed by atoms with Crippen molar-refractivity contribution in [3.05, 3.63) is 63.1 Å². The number of aryl methyl sites for hydroxylation is 1. The molecule has 1 fully saturated rings. The van der Waals surface area contributed by atoms with Crippen LogP contribution >= 0.6 is 22.9 Å². The highest BCUT2D eigenvalue weighted by atomic mass is 35.5. The molecule has 0 spiro atoms. The summed E-state index contributed by atoms with van der Waals surface area (Å²) in [5.41, 5.74) is 7.83. The van der Waals surface area contributed by atoms with Crippen molar-refractivity contribution in [2.75, 3.05) is 13.2 Å². The summed E-state index contributed by atoms with van der Waals surface area (Å²) in [4.78, 5) is 22.2. The van der Waals surface area contributed by atoms with Crippen molar-refractivity contribution in [3.63, 3.8) is 0 Å². The quantitative estimate of drug-likeness (QED) is 0.573. The van der Waals surface area contributed by atoms with Crippen molar-refractivity contribution in [1.82, 2.24) is 9.97 Å². The maximum absolute atomic E-state index is 13.6. The van der Waals surface area contributed by atoms with Crippen LogP contribution < -0.4 is 10.5 Å². The zero-order valence-electron chi connectivity index (χ0n) is 17.0. The summed E-state index contributed by atoms with van der Waals surface area (Å²) in [7, 11) is 0. The molecule has 3 aromatic rings. The number of benzene rings is 1. The molecule has 9 heteroatoms. The molecule has 0 radical (unpaired) electrons. The lowest BCUT2D eigenvalue weighted by Gasteiger charge is -2.21. The number of nitrogens with zero attached hydrogens (tertiary/aromatic N) is 2. The maximum atomic E-state index is 13.6. The molecule has 0 aliphatic carbocycles. The van der Waals surface area contributed by atoms with E-state index in [0.29, 0.717) is 40.8 Å². The second-order valence-corrected chi connectivity index (χ2v) is 9.06. The highest BCUT2D eigenvalue weighted by Crippen LogP contribution is 2.41. The first kappa shape index (κ1) is 21.7. The molecule has 31 heavy (non-hydrogen) atoms. The molecule has 0 bridgehead atoms.